The lowest BCUT2D eigenvalue weighted by Crippen LogP contribution is -1.97. The van der Waals surface area contributed by atoms with Gasteiger partial charge in [-0.1, -0.05) is 11.6 Å². The molecule has 1 heterocycles. The molecule has 0 unspecified atom stereocenters. The number of rotatable bonds is 1. The lowest BCUT2D eigenvalue weighted by atomic mass is 10.1. The van der Waals surface area contributed by atoms with Gasteiger partial charge in [0.25, 0.3) is 0 Å². The number of benzene rings is 1. The third-order valence-corrected chi connectivity index (χ3v) is 2.47. The Labute approximate surface area is 99.3 Å². The van der Waals surface area contributed by atoms with Crippen LogP contribution < -0.4 is 5.73 Å². The molecule has 1 aromatic heterocycles. The van der Waals surface area contributed by atoms with Gasteiger partial charge in [0.1, 0.15) is 0 Å². The molecule has 0 saturated heterocycles. The molecule has 0 amide bonds. The Bertz CT molecular complexity index is 518. The first-order chi connectivity index (χ1) is 7.56. The zero-order valence-electron chi connectivity index (χ0n) is 9.16. The number of anilines is 1. The molecule has 0 spiro atoms. The van der Waals surface area contributed by atoms with Crippen LogP contribution in [-0.2, 0) is 0 Å². The highest BCUT2D eigenvalue weighted by Crippen LogP contribution is 2.26. The molecular weight excluding hydrogens is 222 g/mol. The standard InChI is InChI=1S/C12H12ClN3/c1-7-5-8(2)16-12(15-7)10-4-3-9(13)6-11(10)14/h3-6H,14H2,1-2H3. The first kappa shape index (κ1) is 10.9. The van der Waals surface area contributed by atoms with Gasteiger partial charge in [0.2, 0.25) is 0 Å². The third-order valence-electron chi connectivity index (χ3n) is 2.24. The van der Waals surface area contributed by atoms with Gasteiger partial charge in [-0.25, -0.2) is 9.97 Å². The van der Waals surface area contributed by atoms with E-state index in [-0.39, 0.29) is 0 Å². The fraction of sp³-hybridized carbons (Fsp3) is 0.167. The molecule has 0 radical (unpaired) electrons. The fourth-order valence-corrected chi connectivity index (χ4v) is 1.76. The maximum absolute atomic E-state index is 5.89. The zero-order valence-corrected chi connectivity index (χ0v) is 9.92. The van der Waals surface area contributed by atoms with Crippen LogP contribution in [0, 0.1) is 13.8 Å². The van der Waals surface area contributed by atoms with Crippen LogP contribution in [-0.4, -0.2) is 9.97 Å². The topological polar surface area (TPSA) is 51.8 Å². The van der Waals surface area contributed by atoms with Gasteiger partial charge in [0.05, 0.1) is 0 Å². The minimum Gasteiger partial charge on any atom is -0.398 e. The normalized spacial score (nSPS) is 10.4. The van der Waals surface area contributed by atoms with E-state index in [1.807, 2.05) is 26.0 Å². The first-order valence-electron chi connectivity index (χ1n) is 4.94. The molecule has 0 saturated carbocycles. The molecule has 4 heteroatoms. The van der Waals surface area contributed by atoms with Gasteiger partial charge in [0, 0.05) is 27.7 Å². The van der Waals surface area contributed by atoms with Crippen LogP contribution in [0.5, 0.6) is 0 Å². The predicted molar refractivity (Wildman–Crippen MR) is 66.4 cm³/mol. The molecule has 16 heavy (non-hydrogen) atoms. The number of nitrogens with zero attached hydrogens (tertiary/aromatic N) is 2. The SMILES string of the molecule is Cc1cc(C)nc(-c2ccc(Cl)cc2N)n1. The molecule has 2 N–H and O–H groups in total. The summed E-state index contributed by atoms with van der Waals surface area (Å²) in [5.74, 6) is 0.645. The molecule has 1 aromatic carbocycles. The number of hydrogen-bond donors (Lipinski definition) is 1. The summed E-state index contributed by atoms with van der Waals surface area (Å²) < 4.78 is 0. The van der Waals surface area contributed by atoms with Crippen molar-refractivity contribution in [3.8, 4) is 11.4 Å². The second kappa shape index (κ2) is 4.10. The zero-order chi connectivity index (χ0) is 11.7. The summed E-state index contributed by atoms with van der Waals surface area (Å²) in [7, 11) is 0. The molecular formula is C12H12ClN3. The summed E-state index contributed by atoms with van der Waals surface area (Å²) in [5.41, 5.74) is 9.16. The highest BCUT2D eigenvalue weighted by Gasteiger charge is 2.07. The maximum atomic E-state index is 5.89. The Kier molecular flexibility index (Phi) is 2.79. The fourth-order valence-electron chi connectivity index (χ4n) is 1.58. The van der Waals surface area contributed by atoms with Crippen LogP contribution in [0.2, 0.25) is 5.02 Å². The van der Waals surface area contributed by atoms with Crippen molar-refractivity contribution in [2.45, 2.75) is 13.8 Å². The van der Waals surface area contributed by atoms with Crippen LogP contribution in [0.4, 0.5) is 5.69 Å². The van der Waals surface area contributed by atoms with Crippen LogP contribution in [0.25, 0.3) is 11.4 Å². The van der Waals surface area contributed by atoms with Crippen molar-refractivity contribution in [1.29, 1.82) is 0 Å². The van der Waals surface area contributed by atoms with E-state index in [4.69, 9.17) is 17.3 Å². The second-order valence-corrected chi connectivity index (χ2v) is 4.14. The monoisotopic (exact) mass is 233 g/mol. The minimum atomic E-state index is 0.595. The molecule has 0 aliphatic carbocycles. The summed E-state index contributed by atoms with van der Waals surface area (Å²) in [6.07, 6.45) is 0. The Balaban J connectivity index is 2.58. The van der Waals surface area contributed by atoms with Gasteiger partial charge in [0.15, 0.2) is 5.82 Å². The van der Waals surface area contributed by atoms with E-state index in [9.17, 15) is 0 Å². The molecule has 2 aromatic rings. The van der Waals surface area contributed by atoms with E-state index >= 15 is 0 Å². The number of halogens is 1. The summed E-state index contributed by atoms with van der Waals surface area (Å²) in [5, 5.41) is 0.616. The number of hydrogen-bond acceptors (Lipinski definition) is 3. The summed E-state index contributed by atoms with van der Waals surface area (Å²) in [4.78, 5) is 8.72. The van der Waals surface area contributed by atoms with Crippen LogP contribution in [0.15, 0.2) is 24.3 Å². The van der Waals surface area contributed by atoms with Gasteiger partial charge < -0.3 is 5.73 Å². The molecule has 0 aliphatic heterocycles. The molecule has 0 fully saturated rings. The lowest BCUT2D eigenvalue weighted by Gasteiger charge is -2.06. The van der Waals surface area contributed by atoms with Crippen LogP contribution >= 0.6 is 11.6 Å². The quantitative estimate of drug-likeness (QED) is 0.771. The smallest absolute Gasteiger partial charge is 0.161 e. The number of nitrogens with two attached hydrogens (primary N) is 1. The Morgan fingerprint density at radius 3 is 2.25 bits per heavy atom. The molecule has 3 nitrogen and oxygen atoms in total. The highest BCUT2D eigenvalue weighted by atomic mass is 35.5. The Morgan fingerprint density at radius 2 is 1.69 bits per heavy atom. The van der Waals surface area contributed by atoms with Crippen molar-refractivity contribution in [3.63, 3.8) is 0 Å². The largest absolute Gasteiger partial charge is 0.398 e. The average Bonchev–Trinajstić information content (AvgIpc) is 2.15. The van der Waals surface area contributed by atoms with Crippen LogP contribution in [0.1, 0.15) is 11.4 Å². The van der Waals surface area contributed by atoms with Gasteiger partial charge >= 0.3 is 0 Å². The molecule has 2 rings (SSSR count). The van der Waals surface area contributed by atoms with Crippen molar-refractivity contribution in [2.24, 2.45) is 0 Å². The Hall–Kier alpha value is -1.61. The van der Waals surface area contributed by atoms with Crippen molar-refractivity contribution in [2.75, 3.05) is 5.73 Å². The summed E-state index contributed by atoms with van der Waals surface area (Å²) in [6.45, 7) is 3.87. The van der Waals surface area contributed by atoms with E-state index in [2.05, 4.69) is 9.97 Å². The molecule has 82 valence electrons. The lowest BCUT2D eigenvalue weighted by molar-refractivity contribution is 1.06. The second-order valence-electron chi connectivity index (χ2n) is 3.71. The van der Waals surface area contributed by atoms with Crippen molar-refractivity contribution >= 4 is 17.3 Å². The van der Waals surface area contributed by atoms with Gasteiger partial charge in [-0.2, -0.15) is 0 Å². The first-order valence-corrected chi connectivity index (χ1v) is 5.32. The summed E-state index contributed by atoms with van der Waals surface area (Å²) >= 11 is 5.85. The van der Waals surface area contributed by atoms with Crippen LogP contribution in [0.3, 0.4) is 0 Å². The molecule has 0 atom stereocenters. The predicted octanol–water partition coefficient (Wildman–Crippen LogP) is 3.00. The van der Waals surface area contributed by atoms with E-state index in [1.54, 1.807) is 12.1 Å². The van der Waals surface area contributed by atoms with E-state index in [0.717, 1.165) is 17.0 Å². The third kappa shape index (κ3) is 2.14. The van der Waals surface area contributed by atoms with Crippen molar-refractivity contribution in [3.05, 3.63) is 40.7 Å². The summed E-state index contributed by atoms with van der Waals surface area (Å²) in [6, 6.07) is 7.26. The average molecular weight is 234 g/mol. The van der Waals surface area contributed by atoms with E-state index in [0.29, 0.717) is 16.5 Å². The van der Waals surface area contributed by atoms with Gasteiger partial charge in [-0.15, -0.1) is 0 Å². The number of nitrogen functional groups attached to an aromatic ring is 1. The Morgan fingerprint density at radius 1 is 1.06 bits per heavy atom. The van der Waals surface area contributed by atoms with E-state index < -0.39 is 0 Å². The maximum Gasteiger partial charge on any atom is 0.161 e. The van der Waals surface area contributed by atoms with Crippen molar-refractivity contribution < 1.29 is 0 Å². The minimum absolute atomic E-state index is 0.595. The van der Waals surface area contributed by atoms with Crippen molar-refractivity contribution in [1.82, 2.24) is 9.97 Å². The molecule has 0 aliphatic rings. The van der Waals surface area contributed by atoms with Gasteiger partial charge in [-0.3, -0.25) is 0 Å². The number of aryl methyl sites for hydroxylation is 2. The highest BCUT2D eigenvalue weighted by molar-refractivity contribution is 6.31. The van der Waals surface area contributed by atoms with E-state index in [1.165, 1.54) is 0 Å². The number of aromatic nitrogens is 2. The molecule has 0 bridgehead atoms. The van der Waals surface area contributed by atoms with Gasteiger partial charge in [-0.05, 0) is 38.1 Å².